The van der Waals surface area contributed by atoms with Crippen LogP contribution in [0, 0.1) is 0 Å². The van der Waals surface area contributed by atoms with Crippen molar-refractivity contribution in [1.82, 2.24) is 9.97 Å². The van der Waals surface area contributed by atoms with Gasteiger partial charge in [-0.2, -0.15) is 0 Å². The summed E-state index contributed by atoms with van der Waals surface area (Å²) in [6.45, 7) is 0. The molecule has 0 aliphatic rings. The molecule has 0 saturated carbocycles. The van der Waals surface area contributed by atoms with Crippen LogP contribution in [0.25, 0.3) is 21.8 Å². The average molecular weight is 568 g/mol. The van der Waals surface area contributed by atoms with E-state index in [0.717, 1.165) is 42.1 Å². The van der Waals surface area contributed by atoms with Crippen LogP contribution in [0.1, 0.15) is 5.69 Å². The van der Waals surface area contributed by atoms with Crippen LogP contribution in [0.2, 0.25) is 0 Å². The van der Waals surface area contributed by atoms with Gasteiger partial charge in [0.2, 0.25) is 0 Å². The van der Waals surface area contributed by atoms with Crippen LogP contribution in [0.3, 0.4) is 0 Å². The summed E-state index contributed by atoms with van der Waals surface area (Å²) in [6.07, 6.45) is 3.56. The van der Waals surface area contributed by atoms with Crippen molar-refractivity contribution in [3.8, 4) is 0 Å². The molecule has 0 aliphatic carbocycles. The Morgan fingerprint density at radius 2 is 1.48 bits per heavy atom. The maximum absolute atomic E-state index is 4.76. The Morgan fingerprint density at radius 1 is 0.852 bits per heavy atom. The van der Waals surface area contributed by atoms with Crippen molar-refractivity contribution in [2.75, 3.05) is 0 Å². The van der Waals surface area contributed by atoms with Gasteiger partial charge in [-0.3, -0.25) is 9.98 Å². The summed E-state index contributed by atoms with van der Waals surface area (Å²) >= 11 is 7.23. The number of aliphatic imine (C=N–C) groups is 1. The van der Waals surface area contributed by atoms with Gasteiger partial charge in [0, 0.05) is 25.9 Å². The Hall–Kier alpha value is -1.01. The van der Waals surface area contributed by atoms with Crippen LogP contribution in [-0.4, -0.2) is 16.2 Å². The molecule has 0 atom stereocenters. The molecule has 0 N–H and O–H groups in total. The van der Waals surface area contributed by atoms with Crippen molar-refractivity contribution in [3.05, 3.63) is 75.4 Å². The van der Waals surface area contributed by atoms with Gasteiger partial charge in [0.1, 0.15) is 0 Å². The van der Waals surface area contributed by atoms with E-state index in [-0.39, 0.29) is 13.1 Å². The molecule has 2 aromatic heterocycles. The monoisotopic (exact) mass is 565 g/mol. The molecule has 2 aromatic carbocycles. The van der Waals surface area contributed by atoms with Crippen molar-refractivity contribution in [1.29, 1.82) is 0 Å². The molecule has 4 rings (SSSR count). The molecule has 8 heteroatoms. The summed E-state index contributed by atoms with van der Waals surface area (Å²) in [4.78, 5) is 13.8. The van der Waals surface area contributed by atoms with E-state index in [2.05, 4.69) is 54.0 Å². The van der Waals surface area contributed by atoms with Crippen LogP contribution in [0.15, 0.2) is 74.7 Å². The van der Waals surface area contributed by atoms with Gasteiger partial charge in [0.25, 0.3) is 0 Å². The van der Waals surface area contributed by atoms with Crippen molar-refractivity contribution in [2.24, 2.45) is 4.99 Å². The first-order valence-electron chi connectivity index (χ1n) is 7.62. The predicted molar refractivity (Wildman–Crippen MR) is 118 cm³/mol. The third kappa shape index (κ3) is 5.08. The second-order valence-corrected chi connectivity index (χ2v) is 8.86. The third-order valence-corrected chi connectivity index (χ3v) is 5.00. The van der Waals surface area contributed by atoms with Crippen LogP contribution >= 0.6 is 52.1 Å². The fourth-order valence-corrected chi connectivity index (χ4v) is 3.76. The molecule has 0 amide bonds. The average Bonchev–Trinajstić information content (AvgIpc) is 2.68. The fraction of sp³-hybridized carbons (Fsp3) is 0. The third-order valence-electron chi connectivity index (χ3n) is 3.72. The molecule has 0 unspecified atom stereocenters. The number of hydrogen-bond acceptors (Lipinski definition) is 3. The van der Waals surface area contributed by atoms with Gasteiger partial charge in [-0.05, 0) is 56.1 Å². The zero-order chi connectivity index (χ0) is 19.2. The van der Waals surface area contributed by atoms with Crippen molar-refractivity contribution in [3.63, 3.8) is 0 Å². The maximum atomic E-state index is 4.76. The molecular weight excluding hydrogens is 557 g/mol. The number of pyridine rings is 2. The molecule has 4 aromatic rings. The van der Waals surface area contributed by atoms with Gasteiger partial charge < -0.3 is 0 Å². The van der Waals surface area contributed by atoms with Crippen LogP contribution in [0.5, 0.6) is 0 Å². The summed E-state index contributed by atoms with van der Waals surface area (Å²) in [7, 11) is 9.53. The predicted octanol–water partition coefficient (Wildman–Crippen LogP) is 7.44. The first kappa shape index (κ1) is 20.7. The number of para-hydroxylation sites is 1. The first-order valence-corrected chi connectivity index (χ1v) is 12.2. The Labute approximate surface area is 188 Å². The van der Waals surface area contributed by atoms with E-state index in [1.54, 1.807) is 12.4 Å². The molecule has 138 valence electrons. The number of hydrogen-bond donors (Lipinski definition) is 0. The summed E-state index contributed by atoms with van der Waals surface area (Å²) in [5.74, 6) is 0. The molecule has 2 heterocycles. The fourth-order valence-electron chi connectivity index (χ4n) is 2.55. The quantitative estimate of drug-likeness (QED) is 0.143. The summed E-state index contributed by atoms with van der Waals surface area (Å²) in [6, 6.07) is 18.0. The molecule has 27 heavy (non-hydrogen) atoms. The summed E-state index contributed by atoms with van der Waals surface area (Å²) < 4.78 is 1.86. The zero-order valence-corrected chi connectivity index (χ0v) is 19.3. The van der Waals surface area contributed by atoms with Gasteiger partial charge in [0.05, 0.1) is 28.6 Å². The van der Waals surface area contributed by atoms with E-state index >= 15 is 0 Å². The number of aromatic nitrogens is 2. The van der Waals surface area contributed by atoms with E-state index in [4.69, 9.17) is 25.2 Å². The van der Waals surface area contributed by atoms with Crippen molar-refractivity contribution in [2.45, 2.75) is 0 Å². The molecule has 0 fully saturated rings. The van der Waals surface area contributed by atoms with Crippen molar-refractivity contribution < 1.29 is 13.1 Å². The molecular formula is C19H11Br2Cl2FeN3. The SMILES string of the molecule is Brc1cccc(Br)c1N=Cc1ccc2ccc3cccnc3c2n1.[Cl][Fe][Cl]. The van der Waals surface area contributed by atoms with Gasteiger partial charge in [-0.1, -0.05) is 30.3 Å². The van der Waals surface area contributed by atoms with Crippen LogP contribution < -0.4 is 0 Å². The minimum absolute atomic E-state index is 0.194. The van der Waals surface area contributed by atoms with E-state index < -0.39 is 0 Å². The van der Waals surface area contributed by atoms with E-state index in [1.807, 2.05) is 42.5 Å². The second kappa shape index (κ2) is 9.96. The number of rotatable bonds is 2. The van der Waals surface area contributed by atoms with Crippen molar-refractivity contribution >= 4 is 85.8 Å². The van der Waals surface area contributed by atoms with E-state index in [1.165, 1.54) is 0 Å². The number of halogens is 4. The molecule has 0 bridgehead atoms. The van der Waals surface area contributed by atoms with Gasteiger partial charge in [-0.15, -0.1) is 0 Å². The number of benzene rings is 2. The number of fused-ring (bicyclic) bond motifs is 3. The Kier molecular flexibility index (Phi) is 7.65. The Balaban J connectivity index is 0.000000659. The summed E-state index contributed by atoms with van der Waals surface area (Å²) in [5.41, 5.74) is 3.44. The van der Waals surface area contributed by atoms with Gasteiger partial charge in [-0.25, -0.2) is 4.98 Å². The van der Waals surface area contributed by atoms with Crippen LogP contribution in [-0.2, 0) is 13.1 Å². The van der Waals surface area contributed by atoms with Gasteiger partial charge >= 0.3 is 33.3 Å². The number of nitrogens with zero attached hydrogens (tertiary/aromatic N) is 3. The van der Waals surface area contributed by atoms with E-state index in [0.29, 0.717) is 0 Å². The second-order valence-electron chi connectivity index (χ2n) is 5.33. The first-order chi connectivity index (χ1) is 13.1. The van der Waals surface area contributed by atoms with Gasteiger partial charge in [0.15, 0.2) is 0 Å². The topological polar surface area (TPSA) is 38.1 Å². The van der Waals surface area contributed by atoms with Crippen LogP contribution in [0.4, 0.5) is 5.69 Å². The van der Waals surface area contributed by atoms with E-state index in [9.17, 15) is 0 Å². The minimum atomic E-state index is 0.194. The molecule has 0 aliphatic heterocycles. The standard InChI is InChI=1S/C19H11Br2N3.2ClH.Fe/c20-15-4-1-5-16(21)19(15)23-11-14-9-8-13-7-6-12-3-2-10-22-17(12)18(13)24-14;;;/h1-11H;2*1H;/q;;;+2/p-2. The normalized spacial score (nSPS) is 11.1. The summed E-state index contributed by atoms with van der Waals surface area (Å²) in [5, 5.41) is 2.15. The zero-order valence-electron chi connectivity index (χ0n) is 13.6. The Morgan fingerprint density at radius 3 is 2.19 bits per heavy atom. The molecule has 0 radical (unpaired) electrons. The Bertz CT molecular complexity index is 1100. The molecule has 0 spiro atoms. The molecule has 3 nitrogen and oxygen atoms in total. The molecule has 0 saturated heterocycles.